The van der Waals surface area contributed by atoms with E-state index in [0.717, 1.165) is 14.1 Å². The molecule has 0 saturated heterocycles. The molecule has 2 heterocycles. The molecule has 0 bridgehead atoms. The van der Waals surface area contributed by atoms with E-state index in [9.17, 15) is 44.3 Å². The van der Waals surface area contributed by atoms with Crippen molar-refractivity contribution in [2.24, 2.45) is 9.98 Å². The molecule has 0 fully saturated rings. The second kappa shape index (κ2) is 10.4. The second-order valence-corrected chi connectivity index (χ2v) is 10.4. The van der Waals surface area contributed by atoms with E-state index in [4.69, 9.17) is 27.9 Å². The average Bonchev–Trinajstić information content (AvgIpc) is 3.05. The molecule has 1 aromatic carbocycles. The summed E-state index contributed by atoms with van der Waals surface area (Å²) in [6.07, 6.45) is -17.9. The lowest BCUT2D eigenvalue weighted by molar-refractivity contribution is -0.138. The highest BCUT2D eigenvalue weighted by molar-refractivity contribution is 6.39. The van der Waals surface area contributed by atoms with Gasteiger partial charge in [-0.2, -0.15) is 44.5 Å². The molecule has 2 aliphatic rings. The smallest absolute Gasteiger partial charge is 0.366 e. The first-order chi connectivity index (χ1) is 17.9. The summed E-state index contributed by atoms with van der Waals surface area (Å²) in [6, 6.07) is 0.850. The van der Waals surface area contributed by atoms with E-state index >= 15 is 0 Å². The van der Waals surface area contributed by atoms with Crippen LogP contribution in [0.2, 0.25) is 10.0 Å². The Kier molecular flexibility index (Phi) is 8.28. The summed E-state index contributed by atoms with van der Waals surface area (Å²) in [5, 5.41) is -0.0726. The fraction of sp³-hybridized carbons (Fsp3) is 0.500. The maximum Gasteiger partial charge on any atom is 0.451 e. The summed E-state index contributed by atoms with van der Waals surface area (Å²) in [5.74, 6) is -3.83. The summed E-state index contributed by atoms with van der Waals surface area (Å²) >= 11 is 12.2. The fourth-order valence-electron chi connectivity index (χ4n) is 3.73. The first-order valence-corrected chi connectivity index (χ1v) is 11.8. The van der Waals surface area contributed by atoms with Gasteiger partial charge in [-0.1, -0.05) is 23.2 Å². The third-order valence-corrected chi connectivity index (χ3v) is 6.06. The van der Waals surface area contributed by atoms with Crippen molar-refractivity contribution in [3.8, 4) is 0 Å². The van der Waals surface area contributed by atoms with Gasteiger partial charge >= 0.3 is 18.5 Å². The summed E-state index contributed by atoms with van der Waals surface area (Å²) in [6.45, 7) is 4.05. The first kappa shape index (κ1) is 32.0. The fourth-order valence-corrected chi connectivity index (χ4v) is 4.37. The van der Waals surface area contributed by atoms with Crippen LogP contribution in [0.1, 0.15) is 26.3 Å². The van der Waals surface area contributed by atoms with Gasteiger partial charge in [0.25, 0.3) is 5.91 Å². The number of hydrogen-bond acceptors (Lipinski definition) is 6. The topological polar surface area (TPSA) is 60.7 Å². The minimum Gasteiger partial charge on any atom is -0.366 e. The van der Waals surface area contributed by atoms with Gasteiger partial charge in [0.1, 0.15) is 12.4 Å². The number of benzene rings is 1. The Morgan fingerprint density at radius 3 is 1.93 bits per heavy atom. The zero-order chi connectivity index (χ0) is 30.7. The molecule has 1 aromatic rings. The molecule has 222 valence electrons. The quantitative estimate of drug-likeness (QED) is 0.359. The number of fused-ring (bicyclic) bond motifs is 1. The van der Waals surface area contributed by atoms with Crippen molar-refractivity contribution < 1.29 is 49.0 Å². The third kappa shape index (κ3) is 6.34. The van der Waals surface area contributed by atoms with Crippen molar-refractivity contribution in [3.05, 3.63) is 39.1 Å². The van der Waals surface area contributed by atoms with Crippen molar-refractivity contribution in [1.29, 1.82) is 0 Å². The number of aliphatic imine (C=N–C) groups is 2. The van der Waals surface area contributed by atoms with Gasteiger partial charge in [-0.15, -0.1) is 0 Å². The number of halogens is 11. The van der Waals surface area contributed by atoms with E-state index < -0.39 is 87.0 Å². The number of alkyl halides is 9. The van der Waals surface area contributed by atoms with Gasteiger partial charge in [0, 0.05) is 14.1 Å². The molecule has 3 rings (SSSR count). The number of likely N-dealkylation sites (N-methyl/N-ethyl adjacent to an activating group) is 2. The van der Waals surface area contributed by atoms with Crippen LogP contribution < -0.4 is 5.01 Å². The standard InChI is InChI=1S/C22H20Cl2F9N5O2/c1-19(2,3)40-8-12(39)36(4)17-13-15(21(28,29)30)34-18(22(31,32)33)35-16(13)37(5)38(17)14-10(23)6-9(7-11(14)24)20(25,26)27/h6-7,16H,8H2,1-5H3. The molecule has 1 unspecified atom stereocenters. The van der Waals surface area contributed by atoms with Crippen LogP contribution in [0.5, 0.6) is 0 Å². The van der Waals surface area contributed by atoms with Gasteiger partial charge in [0.05, 0.1) is 32.5 Å². The Hall–Kier alpha value is -2.56. The number of amides is 1. The van der Waals surface area contributed by atoms with Gasteiger partial charge in [0.2, 0.25) is 5.84 Å². The number of carbonyl (C=O) groups is 1. The third-order valence-electron chi connectivity index (χ3n) is 5.49. The second-order valence-electron chi connectivity index (χ2n) is 9.55. The van der Waals surface area contributed by atoms with E-state index in [1.165, 1.54) is 0 Å². The minimum atomic E-state index is -5.48. The van der Waals surface area contributed by atoms with Gasteiger partial charge < -0.3 is 4.74 Å². The molecule has 0 N–H and O–H groups in total. The van der Waals surface area contributed by atoms with Gasteiger partial charge in [0.15, 0.2) is 11.9 Å². The molecular weight excluding hydrogens is 608 g/mol. The van der Waals surface area contributed by atoms with Gasteiger partial charge in [-0.05, 0) is 32.9 Å². The molecule has 0 aromatic heterocycles. The molecule has 0 radical (unpaired) electrons. The lowest BCUT2D eigenvalue weighted by Gasteiger charge is -2.35. The Morgan fingerprint density at radius 2 is 1.50 bits per heavy atom. The van der Waals surface area contributed by atoms with Crippen LogP contribution in [0.4, 0.5) is 45.2 Å². The van der Waals surface area contributed by atoms with E-state index in [0.29, 0.717) is 27.1 Å². The lowest BCUT2D eigenvalue weighted by atomic mass is 10.1. The van der Waals surface area contributed by atoms with Gasteiger partial charge in [-0.3, -0.25) is 14.7 Å². The highest BCUT2D eigenvalue weighted by Gasteiger charge is 2.55. The molecule has 0 aliphatic carbocycles. The minimum absolute atomic E-state index is 0.425. The molecule has 0 spiro atoms. The highest BCUT2D eigenvalue weighted by Crippen LogP contribution is 2.47. The summed E-state index contributed by atoms with van der Waals surface area (Å²) in [7, 11) is 1.98. The van der Waals surface area contributed by atoms with Crippen molar-refractivity contribution in [1.82, 2.24) is 9.91 Å². The predicted octanol–water partition coefficient (Wildman–Crippen LogP) is 6.47. The van der Waals surface area contributed by atoms with E-state index in [1.54, 1.807) is 20.8 Å². The normalized spacial score (nSPS) is 19.1. The molecule has 18 heteroatoms. The molecule has 40 heavy (non-hydrogen) atoms. The number of anilines is 1. The molecular formula is C22H20Cl2F9N5O2. The maximum atomic E-state index is 14.2. The van der Waals surface area contributed by atoms with Crippen LogP contribution >= 0.6 is 23.2 Å². The Bertz CT molecular complexity index is 1270. The predicted molar refractivity (Wildman–Crippen MR) is 128 cm³/mol. The van der Waals surface area contributed by atoms with Crippen molar-refractivity contribution in [3.63, 3.8) is 0 Å². The van der Waals surface area contributed by atoms with Crippen LogP contribution in [0.3, 0.4) is 0 Å². The Labute approximate surface area is 231 Å². The lowest BCUT2D eigenvalue weighted by Crippen LogP contribution is -2.45. The number of hydrogen-bond donors (Lipinski definition) is 0. The first-order valence-electron chi connectivity index (χ1n) is 11.0. The molecule has 1 atom stereocenters. The monoisotopic (exact) mass is 627 g/mol. The van der Waals surface area contributed by atoms with Gasteiger partial charge in [-0.25, -0.2) is 9.98 Å². The average molecular weight is 628 g/mol. The van der Waals surface area contributed by atoms with Crippen molar-refractivity contribution in [2.45, 2.75) is 51.1 Å². The Morgan fingerprint density at radius 1 is 0.975 bits per heavy atom. The SMILES string of the molecule is CN(C(=O)COC(C)(C)C)C1=C2C(C(F)(F)F)=NC(C(F)(F)F)=NC2N(C)N1c1c(Cl)cc(C(F)(F)F)cc1Cl. The van der Waals surface area contributed by atoms with Crippen molar-refractivity contribution >= 4 is 46.3 Å². The van der Waals surface area contributed by atoms with Crippen LogP contribution in [0.25, 0.3) is 0 Å². The number of amidine groups is 1. The van der Waals surface area contributed by atoms with E-state index in [-0.39, 0.29) is 0 Å². The number of carbonyl (C=O) groups excluding carboxylic acids is 1. The van der Waals surface area contributed by atoms with E-state index in [2.05, 4.69) is 9.98 Å². The summed E-state index contributed by atoms with van der Waals surface area (Å²) in [5.41, 5.74) is -5.77. The molecule has 0 saturated carbocycles. The zero-order valence-electron chi connectivity index (χ0n) is 21.1. The largest absolute Gasteiger partial charge is 0.451 e. The Balaban J connectivity index is 2.34. The van der Waals surface area contributed by atoms with Crippen LogP contribution in [0, 0.1) is 0 Å². The van der Waals surface area contributed by atoms with Crippen molar-refractivity contribution in [2.75, 3.05) is 25.7 Å². The van der Waals surface area contributed by atoms with Crippen LogP contribution in [-0.2, 0) is 15.7 Å². The highest BCUT2D eigenvalue weighted by atomic mass is 35.5. The van der Waals surface area contributed by atoms with Crippen LogP contribution in [-0.4, -0.2) is 72.2 Å². The molecule has 7 nitrogen and oxygen atoms in total. The summed E-state index contributed by atoms with van der Waals surface area (Å²) < 4.78 is 128. The number of ether oxygens (including phenoxy) is 1. The zero-order valence-corrected chi connectivity index (χ0v) is 22.7. The van der Waals surface area contributed by atoms with E-state index in [1.807, 2.05) is 0 Å². The summed E-state index contributed by atoms with van der Waals surface area (Å²) in [4.78, 5) is 19.7. The molecule has 1 amide bonds. The maximum absolute atomic E-state index is 14.2. The molecule has 2 aliphatic heterocycles. The van der Waals surface area contributed by atoms with Crippen LogP contribution in [0.15, 0.2) is 33.5 Å². The number of rotatable bonds is 4. The number of hydrazine groups is 1. The number of nitrogens with zero attached hydrogens (tertiary/aromatic N) is 5.